The van der Waals surface area contributed by atoms with Gasteiger partial charge >= 0.3 is 6.18 Å². The minimum Gasteiger partial charge on any atom is -0.346 e. The summed E-state index contributed by atoms with van der Waals surface area (Å²) in [6.45, 7) is 4.57. The molecule has 0 unspecified atom stereocenters. The van der Waals surface area contributed by atoms with Crippen LogP contribution in [0.15, 0.2) is 77.8 Å². The van der Waals surface area contributed by atoms with Gasteiger partial charge in [-0.3, -0.25) is 0 Å². The van der Waals surface area contributed by atoms with Gasteiger partial charge in [0.15, 0.2) is 0 Å². The quantitative estimate of drug-likeness (QED) is 0.461. The maximum absolute atomic E-state index is 13.3. The van der Waals surface area contributed by atoms with Crippen molar-refractivity contribution in [3.05, 3.63) is 89.7 Å². The molecular formula is C23H25F3N2O2S. The first-order valence-corrected chi connectivity index (χ1v) is 11.4. The predicted molar refractivity (Wildman–Crippen MR) is 114 cm³/mol. The van der Waals surface area contributed by atoms with Gasteiger partial charge in [-0.15, -0.1) is 0 Å². The van der Waals surface area contributed by atoms with E-state index in [2.05, 4.69) is 0 Å². The topological polar surface area (TPSA) is 42.3 Å². The third kappa shape index (κ3) is 5.77. The van der Waals surface area contributed by atoms with Gasteiger partial charge in [0.05, 0.1) is 17.0 Å². The molecule has 0 aliphatic rings. The molecule has 8 heteroatoms. The summed E-state index contributed by atoms with van der Waals surface area (Å²) in [5.41, 5.74) is 0.849. The van der Waals surface area contributed by atoms with Crippen LogP contribution in [0, 0.1) is 5.92 Å². The number of benzene rings is 2. The first-order valence-electron chi connectivity index (χ1n) is 9.92. The molecule has 1 heterocycles. The molecule has 0 radical (unpaired) electrons. The zero-order chi connectivity index (χ0) is 22.6. The Bertz CT molecular complexity index is 1110. The Morgan fingerprint density at radius 2 is 1.68 bits per heavy atom. The summed E-state index contributed by atoms with van der Waals surface area (Å²) in [6.07, 6.45) is -2.74. The third-order valence-corrected chi connectivity index (χ3v) is 6.63. The molecule has 3 aromatic rings. The van der Waals surface area contributed by atoms with Crippen LogP contribution in [0.1, 0.15) is 30.7 Å². The molecule has 0 aliphatic carbocycles. The van der Waals surface area contributed by atoms with Crippen molar-refractivity contribution >= 4 is 10.0 Å². The second-order valence-electron chi connectivity index (χ2n) is 7.83. The highest BCUT2D eigenvalue weighted by molar-refractivity contribution is 7.89. The lowest BCUT2D eigenvalue weighted by Gasteiger charge is -2.25. The highest BCUT2D eigenvalue weighted by atomic mass is 32.2. The molecule has 0 fully saturated rings. The standard InChI is InChI=1S/C23H25F3N2O2S/c1-18(2)15-28(31(29,30)22-12-6-10-20(14-22)23(24,25)26)17-21-11-7-13-27(21)16-19-8-4-3-5-9-19/h3-14,18H,15-17H2,1-2H3. The van der Waals surface area contributed by atoms with Crippen LogP contribution in [0.5, 0.6) is 0 Å². The fourth-order valence-electron chi connectivity index (χ4n) is 3.34. The van der Waals surface area contributed by atoms with E-state index in [9.17, 15) is 21.6 Å². The monoisotopic (exact) mass is 450 g/mol. The van der Waals surface area contributed by atoms with Crippen molar-refractivity contribution in [2.24, 2.45) is 5.92 Å². The molecule has 0 atom stereocenters. The molecule has 3 rings (SSSR count). The van der Waals surface area contributed by atoms with Crippen molar-refractivity contribution in [2.75, 3.05) is 6.54 Å². The molecule has 0 spiro atoms. The first-order chi connectivity index (χ1) is 14.6. The average molecular weight is 451 g/mol. The predicted octanol–water partition coefficient (Wildman–Crippen LogP) is 5.40. The highest BCUT2D eigenvalue weighted by Gasteiger charge is 2.33. The zero-order valence-electron chi connectivity index (χ0n) is 17.4. The van der Waals surface area contributed by atoms with E-state index in [0.29, 0.717) is 12.6 Å². The average Bonchev–Trinajstić information content (AvgIpc) is 3.14. The summed E-state index contributed by atoms with van der Waals surface area (Å²) < 4.78 is 69.1. The fourth-order valence-corrected chi connectivity index (χ4v) is 4.97. The summed E-state index contributed by atoms with van der Waals surface area (Å²) in [5.74, 6) is -0.00175. The molecule has 31 heavy (non-hydrogen) atoms. The van der Waals surface area contributed by atoms with Crippen LogP contribution in [0.4, 0.5) is 13.2 Å². The van der Waals surface area contributed by atoms with Crippen molar-refractivity contribution in [3.63, 3.8) is 0 Å². The Hall–Kier alpha value is -2.58. The number of rotatable bonds is 8. The van der Waals surface area contributed by atoms with Gasteiger partial charge in [0, 0.05) is 25.0 Å². The van der Waals surface area contributed by atoms with E-state index >= 15 is 0 Å². The number of hydrogen-bond donors (Lipinski definition) is 0. The van der Waals surface area contributed by atoms with Crippen LogP contribution in [0.2, 0.25) is 0 Å². The van der Waals surface area contributed by atoms with Crippen molar-refractivity contribution in [1.29, 1.82) is 0 Å². The number of halogens is 3. The van der Waals surface area contributed by atoms with Crippen molar-refractivity contribution in [2.45, 2.75) is 38.0 Å². The lowest BCUT2D eigenvalue weighted by molar-refractivity contribution is -0.137. The first kappa shape index (κ1) is 23.1. The van der Waals surface area contributed by atoms with E-state index in [1.807, 2.05) is 67.1 Å². The van der Waals surface area contributed by atoms with Gasteiger partial charge in [0.25, 0.3) is 0 Å². The van der Waals surface area contributed by atoms with E-state index in [0.717, 1.165) is 23.4 Å². The molecule has 0 aliphatic heterocycles. The zero-order valence-corrected chi connectivity index (χ0v) is 18.2. The minimum atomic E-state index is -4.61. The Labute approximate surface area is 181 Å². The largest absolute Gasteiger partial charge is 0.416 e. The Balaban J connectivity index is 1.92. The molecule has 0 saturated carbocycles. The molecule has 2 aromatic carbocycles. The fraction of sp³-hybridized carbons (Fsp3) is 0.304. The summed E-state index contributed by atoms with van der Waals surface area (Å²) in [6, 6.07) is 17.3. The Morgan fingerprint density at radius 3 is 2.32 bits per heavy atom. The molecule has 0 amide bonds. The van der Waals surface area contributed by atoms with E-state index < -0.39 is 21.8 Å². The number of hydrogen-bond acceptors (Lipinski definition) is 2. The number of alkyl halides is 3. The van der Waals surface area contributed by atoms with Crippen LogP contribution >= 0.6 is 0 Å². The van der Waals surface area contributed by atoms with Crippen molar-refractivity contribution in [3.8, 4) is 0 Å². The van der Waals surface area contributed by atoms with Crippen LogP contribution in [-0.2, 0) is 29.3 Å². The summed E-state index contributed by atoms with van der Waals surface area (Å²) >= 11 is 0. The second-order valence-corrected chi connectivity index (χ2v) is 9.77. The summed E-state index contributed by atoms with van der Waals surface area (Å²) in [7, 11) is -4.12. The second kappa shape index (κ2) is 9.28. The molecule has 4 nitrogen and oxygen atoms in total. The van der Waals surface area contributed by atoms with E-state index in [4.69, 9.17) is 0 Å². The lowest BCUT2D eigenvalue weighted by Crippen LogP contribution is -2.34. The molecule has 0 N–H and O–H groups in total. The van der Waals surface area contributed by atoms with E-state index in [1.54, 1.807) is 0 Å². The maximum Gasteiger partial charge on any atom is 0.416 e. The van der Waals surface area contributed by atoms with Crippen molar-refractivity contribution < 1.29 is 21.6 Å². The molecule has 1 aromatic heterocycles. The number of nitrogens with zero attached hydrogens (tertiary/aromatic N) is 2. The number of aromatic nitrogens is 1. The van der Waals surface area contributed by atoms with Crippen molar-refractivity contribution in [1.82, 2.24) is 8.87 Å². The van der Waals surface area contributed by atoms with E-state index in [-0.39, 0.29) is 23.9 Å². The van der Waals surface area contributed by atoms with Gasteiger partial charge in [0.2, 0.25) is 10.0 Å². The van der Waals surface area contributed by atoms with Crippen LogP contribution in [-0.4, -0.2) is 23.8 Å². The van der Waals surface area contributed by atoms with E-state index in [1.165, 1.54) is 10.4 Å². The summed E-state index contributed by atoms with van der Waals surface area (Å²) in [4.78, 5) is -0.357. The SMILES string of the molecule is CC(C)CN(Cc1cccn1Cc1ccccc1)S(=O)(=O)c1cccc(C(F)(F)F)c1. The van der Waals surface area contributed by atoms with Gasteiger partial charge in [-0.05, 0) is 41.8 Å². The van der Waals surface area contributed by atoms with Gasteiger partial charge in [-0.25, -0.2) is 8.42 Å². The van der Waals surface area contributed by atoms with Crippen LogP contribution in [0.3, 0.4) is 0 Å². The Morgan fingerprint density at radius 1 is 0.968 bits per heavy atom. The lowest BCUT2D eigenvalue weighted by atomic mass is 10.2. The molecule has 0 saturated heterocycles. The highest BCUT2D eigenvalue weighted by Crippen LogP contribution is 2.31. The maximum atomic E-state index is 13.3. The summed E-state index contributed by atoms with van der Waals surface area (Å²) in [5, 5.41) is 0. The van der Waals surface area contributed by atoms with Gasteiger partial charge < -0.3 is 4.57 Å². The van der Waals surface area contributed by atoms with Crippen LogP contribution in [0.25, 0.3) is 0 Å². The van der Waals surface area contributed by atoms with Crippen LogP contribution < -0.4 is 0 Å². The van der Waals surface area contributed by atoms with Gasteiger partial charge in [-0.1, -0.05) is 50.2 Å². The Kier molecular flexibility index (Phi) is 6.91. The smallest absolute Gasteiger partial charge is 0.346 e. The minimum absolute atomic E-state index is 0.00175. The molecule has 166 valence electrons. The van der Waals surface area contributed by atoms with Gasteiger partial charge in [-0.2, -0.15) is 17.5 Å². The molecule has 0 bridgehead atoms. The van der Waals surface area contributed by atoms with Gasteiger partial charge in [0.1, 0.15) is 0 Å². The molecular weight excluding hydrogens is 425 g/mol. The third-order valence-electron chi connectivity index (χ3n) is 4.83. The normalized spacial score (nSPS) is 12.6. The number of sulfonamides is 1.